The fourth-order valence-electron chi connectivity index (χ4n) is 2.50. The Bertz CT molecular complexity index is 527. The summed E-state index contributed by atoms with van der Waals surface area (Å²) in [5.74, 6) is 2.22. The normalized spacial score (nSPS) is 13.7. The molecule has 0 saturated heterocycles. The first-order valence-corrected chi connectivity index (χ1v) is 7.35. The molecule has 0 radical (unpaired) electrons. The molecule has 1 N–H and O–H groups in total. The lowest BCUT2D eigenvalue weighted by Crippen LogP contribution is -2.41. The van der Waals surface area contributed by atoms with Gasteiger partial charge in [0.15, 0.2) is 11.5 Å². The van der Waals surface area contributed by atoms with E-state index in [0.29, 0.717) is 11.8 Å². The number of fused-ring (bicyclic) bond motifs is 1. The van der Waals surface area contributed by atoms with Gasteiger partial charge in [0, 0.05) is 12.1 Å². The van der Waals surface area contributed by atoms with Crippen LogP contribution in [0.5, 0.6) is 11.5 Å². The van der Waals surface area contributed by atoms with E-state index >= 15 is 0 Å². The first-order valence-electron chi connectivity index (χ1n) is 7.35. The second-order valence-electron chi connectivity index (χ2n) is 5.97. The summed E-state index contributed by atoms with van der Waals surface area (Å²) in [4.78, 5) is 12.0. The lowest BCUT2D eigenvalue weighted by molar-refractivity contribution is -0.117. The Hall–Kier alpha value is -1.97. The third-order valence-electron chi connectivity index (χ3n) is 3.57. The lowest BCUT2D eigenvalue weighted by atomic mass is 9.93. The molecule has 4 heteroatoms. The molecule has 0 saturated carbocycles. The molecule has 0 spiro atoms. The predicted molar refractivity (Wildman–Crippen MR) is 83.2 cm³/mol. The van der Waals surface area contributed by atoms with Crippen LogP contribution in [0, 0.1) is 11.8 Å². The highest BCUT2D eigenvalue weighted by Crippen LogP contribution is 2.32. The summed E-state index contributed by atoms with van der Waals surface area (Å²) in [5.41, 5.74) is 0.917. The van der Waals surface area contributed by atoms with Gasteiger partial charge in [-0.1, -0.05) is 33.8 Å². The van der Waals surface area contributed by atoms with E-state index in [2.05, 4.69) is 33.0 Å². The van der Waals surface area contributed by atoms with Crippen LogP contribution in [-0.2, 0) is 4.79 Å². The van der Waals surface area contributed by atoms with Crippen LogP contribution in [0.1, 0.15) is 33.3 Å². The largest absolute Gasteiger partial charge is 0.454 e. The highest BCUT2D eigenvalue weighted by Gasteiger charge is 2.18. The van der Waals surface area contributed by atoms with Crippen LogP contribution < -0.4 is 14.8 Å². The number of carbonyl (C=O) groups excluding carboxylic acids is 1. The van der Waals surface area contributed by atoms with Crippen molar-refractivity contribution in [2.24, 2.45) is 11.8 Å². The van der Waals surface area contributed by atoms with Gasteiger partial charge in [-0.15, -0.1) is 0 Å². The summed E-state index contributed by atoms with van der Waals surface area (Å²) in [7, 11) is 0. The Kier molecular flexibility index (Phi) is 4.89. The molecule has 0 atom stereocenters. The van der Waals surface area contributed by atoms with E-state index < -0.39 is 0 Å². The summed E-state index contributed by atoms with van der Waals surface area (Å²) < 4.78 is 10.6. The molecule has 0 aromatic heterocycles. The molecule has 0 fully saturated rings. The molecule has 1 aromatic rings. The van der Waals surface area contributed by atoms with Crippen molar-refractivity contribution in [2.75, 3.05) is 6.79 Å². The molecule has 1 aromatic carbocycles. The molecule has 4 nitrogen and oxygen atoms in total. The number of benzene rings is 1. The van der Waals surface area contributed by atoms with Gasteiger partial charge in [-0.3, -0.25) is 4.79 Å². The summed E-state index contributed by atoms with van der Waals surface area (Å²) in [6, 6.07) is 5.80. The van der Waals surface area contributed by atoms with E-state index in [1.807, 2.05) is 18.2 Å². The Morgan fingerprint density at radius 1 is 1.14 bits per heavy atom. The van der Waals surface area contributed by atoms with E-state index in [1.165, 1.54) is 0 Å². The number of amides is 1. The maximum atomic E-state index is 12.0. The van der Waals surface area contributed by atoms with Crippen LogP contribution in [-0.4, -0.2) is 18.7 Å². The van der Waals surface area contributed by atoms with Gasteiger partial charge in [0.2, 0.25) is 12.7 Å². The van der Waals surface area contributed by atoms with Gasteiger partial charge in [-0.25, -0.2) is 0 Å². The Labute approximate surface area is 126 Å². The minimum Gasteiger partial charge on any atom is -0.454 e. The first kappa shape index (κ1) is 15.4. The fourth-order valence-corrected chi connectivity index (χ4v) is 2.50. The zero-order chi connectivity index (χ0) is 15.4. The van der Waals surface area contributed by atoms with Gasteiger partial charge >= 0.3 is 0 Å². The van der Waals surface area contributed by atoms with Gasteiger partial charge < -0.3 is 14.8 Å². The number of hydrogen-bond acceptors (Lipinski definition) is 3. The number of carbonyl (C=O) groups is 1. The SMILES string of the molecule is CC(C)C(NC(=O)C=Cc1ccc2c(c1)OCO2)C(C)C. The van der Waals surface area contributed by atoms with Crippen LogP contribution in [0.2, 0.25) is 0 Å². The molecular formula is C17H23NO3. The molecule has 0 aliphatic carbocycles. The molecule has 0 unspecified atom stereocenters. The van der Waals surface area contributed by atoms with Gasteiger partial charge in [-0.05, 0) is 35.6 Å². The van der Waals surface area contributed by atoms with Gasteiger partial charge in [0.1, 0.15) is 0 Å². The lowest BCUT2D eigenvalue weighted by Gasteiger charge is -2.25. The van der Waals surface area contributed by atoms with Crippen LogP contribution in [0.3, 0.4) is 0 Å². The molecule has 1 aliphatic heterocycles. The zero-order valence-electron chi connectivity index (χ0n) is 13.1. The molecule has 2 rings (SSSR count). The molecule has 1 aliphatic rings. The summed E-state index contributed by atoms with van der Waals surface area (Å²) >= 11 is 0. The molecule has 1 amide bonds. The van der Waals surface area contributed by atoms with Gasteiger partial charge in [0.25, 0.3) is 0 Å². The quantitative estimate of drug-likeness (QED) is 0.847. The van der Waals surface area contributed by atoms with Crippen molar-refractivity contribution in [1.82, 2.24) is 5.32 Å². The van der Waals surface area contributed by atoms with Gasteiger partial charge in [-0.2, -0.15) is 0 Å². The second-order valence-corrected chi connectivity index (χ2v) is 5.97. The molecule has 21 heavy (non-hydrogen) atoms. The average Bonchev–Trinajstić information content (AvgIpc) is 2.89. The third-order valence-corrected chi connectivity index (χ3v) is 3.57. The predicted octanol–water partition coefficient (Wildman–Crippen LogP) is 3.23. The minimum atomic E-state index is -0.0694. The Morgan fingerprint density at radius 3 is 2.48 bits per heavy atom. The Balaban J connectivity index is 1.98. The monoisotopic (exact) mass is 289 g/mol. The van der Waals surface area contributed by atoms with Crippen molar-refractivity contribution in [3.05, 3.63) is 29.8 Å². The summed E-state index contributed by atoms with van der Waals surface area (Å²) in [6.07, 6.45) is 3.35. The van der Waals surface area contributed by atoms with Crippen LogP contribution in [0.15, 0.2) is 24.3 Å². The topological polar surface area (TPSA) is 47.6 Å². The highest BCUT2D eigenvalue weighted by atomic mass is 16.7. The second kappa shape index (κ2) is 6.66. The maximum absolute atomic E-state index is 12.0. The highest BCUT2D eigenvalue weighted by molar-refractivity contribution is 5.92. The van der Waals surface area contributed by atoms with Crippen molar-refractivity contribution < 1.29 is 14.3 Å². The summed E-state index contributed by atoms with van der Waals surface area (Å²) in [5, 5.41) is 3.06. The molecular weight excluding hydrogens is 266 g/mol. The fraction of sp³-hybridized carbons (Fsp3) is 0.471. The number of hydrogen-bond donors (Lipinski definition) is 1. The Morgan fingerprint density at radius 2 is 1.81 bits per heavy atom. The first-order chi connectivity index (χ1) is 9.97. The molecule has 1 heterocycles. The van der Waals surface area contributed by atoms with Crippen LogP contribution in [0.4, 0.5) is 0 Å². The zero-order valence-corrected chi connectivity index (χ0v) is 13.1. The average molecular weight is 289 g/mol. The van der Waals surface area contributed by atoms with E-state index in [-0.39, 0.29) is 18.7 Å². The smallest absolute Gasteiger partial charge is 0.244 e. The van der Waals surface area contributed by atoms with E-state index in [0.717, 1.165) is 17.1 Å². The van der Waals surface area contributed by atoms with Crippen LogP contribution in [0.25, 0.3) is 6.08 Å². The summed E-state index contributed by atoms with van der Waals surface area (Å²) in [6.45, 7) is 8.73. The number of nitrogens with one attached hydrogen (secondary N) is 1. The maximum Gasteiger partial charge on any atom is 0.244 e. The van der Waals surface area contributed by atoms with E-state index in [4.69, 9.17) is 9.47 Å². The van der Waals surface area contributed by atoms with Crippen molar-refractivity contribution in [3.63, 3.8) is 0 Å². The van der Waals surface area contributed by atoms with Crippen molar-refractivity contribution in [1.29, 1.82) is 0 Å². The minimum absolute atomic E-state index is 0.0694. The van der Waals surface area contributed by atoms with E-state index in [9.17, 15) is 4.79 Å². The van der Waals surface area contributed by atoms with Crippen molar-refractivity contribution in [2.45, 2.75) is 33.7 Å². The van der Waals surface area contributed by atoms with Crippen LogP contribution >= 0.6 is 0 Å². The molecule has 114 valence electrons. The molecule has 0 bridgehead atoms. The standard InChI is InChI=1S/C17H23NO3/c1-11(2)17(12(3)4)18-16(19)8-6-13-5-7-14-15(9-13)21-10-20-14/h5-9,11-12,17H,10H2,1-4H3,(H,18,19). The number of rotatable bonds is 5. The third kappa shape index (κ3) is 4.00. The van der Waals surface area contributed by atoms with Crippen molar-refractivity contribution in [3.8, 4) is 11.5 Å². The number of ether oxygens (including phenoxy) is 2. The van der Waals surface area contributed by atoms with Crippen molar-refractivity contribution >= 4 is 12.0 Å². The van der Waals surface area contributed by atoms with Gasteiger partial charge in [0.05, 0.1) is 0 Å². The van der Waals surface area contributed by atoms with E-state index in [1.54, 1.807) is 12.2 Å².